The molecule has 31 heavy (non-hydrogen) atoms. The third-order valence-corrected chi connectivity index (χ3v) is 4.64. The Balaban J connectivity index is 2.44. The van der Waals surface area contributed by atoms with Crippen LogP contribution in [0.25, 0.3) is 0 Å². The summed E-state index contributed by atoms with van der Waals surface area (Å²) in [6.07, 6.45) is 9.43. The molecule has 0 aromatic rings. The monoisotopic (exact) mass is 438 g/mol. The van der Waals surface area contributed by atoms with Crippen molar-refractivity contribution in [2.45, 2.75) is 51.5 Å². The Bertz CT molecular complexity index is 769. The Hall–Kier alpha value is -2.81. The van der Waals surface area contributed by atoms with Gasteiger partial charge in [-0.15, -0.1) is 0 Å². The first-order valence-corrected chi connectivity index (χ1v) is 10.2. The van der Waals surface area contributed by atoms with Gasteiger partial charge in [-0.2, -0.15) is 0 Å². The molecule has 0 aromatic heterocycles. The first kappa shape index (κ1) is 26.2. The molecule has 7 nitrogen and oxygen atoms in total. The van der Waals surface area contributed by atoms with E-state index in [-0.39, 0.29) is 31.0 Å². The zero-order valence-electron chi connectivity index (χ0n) is 18.1. The van der Waals surface area contributed by atoms with Crippen LogP contribution in [0.2, 0.25) is 0 Å². The van der Waals surface area contributed by atoms with Crippen LogP contribution in [-0.4, -0.2) is 59.6 Å². The molecule has 0 aliphatic carbocycles. The van der Waals surface area contributed by atoms with Gasteiger partial charge in [0.05, 0.1) is 12.6 Å². The van der Waals surface area contributed by atoms with E-state index >= 15 is 0 Å². The van der Waals surface area contributed by atoms with Gasteiger partial charge in [-0.1, -0.05) is 30.9 Å². The minimum Gasteiger partial charge on any atom is -0.510 e. The number of hydrogen-bond donors (Lipinski definition) is 3. The van der Waals surface area contributed by atoms with Crippen molar-refractivity contribution in [2.75, 3.05) is 19.6 Å². The maximum absolute atomic E-state index is 13.2. The van der Waals surface area contributed by atoms with E-state index in [1.807, 2.05) is 13.0 Å². The van der Waals surface area contributed by atoms with E-state index in [1.165, 1.54) is 13.1 Å². The number of alkyl halides is 2. The number of aliphatic imine (C=N–C) groups is 1. The molecule has 1 aliphatic heterocycles. The van der Waals surface area contributed by atoms with Gasteiger partial charge in [0.2, 0.25) is 5.91 Å². The van der Waals surface area contributed by atoms with Crippen molar-refractivity contribution >= 4 is 18.0 Å². The van der Waals surface area contributed by atoms with Crippen molar-refractivity contribution in [3.63, 3.8) is 0 Å². The largest absolute Gasteiger partial charge is 0.510 e. The topological polar surface area (TPSA) is 108 Å². The van der Waals surface area contributed by atoms with Gasteiger partial charge in [0.1, 0.15) is 5.76 Å². The fourth-order valence-corrected chi connectivity index (χ4v) is 2.88. The second-order valence-electron chi connectivity index (χ2n) is 7.31. The van der Waals surface area contributed by atoms with Gasteiger partial charge in [-0.05, 0) is 38.7 Å². The standard InChI is InChI=1S/C22H32F2N4O3/c1-4-6-9-17(5-2)14-27-19(16(3)29)20(30)26-12-8-7-10-18(25)21(31)28-13-11-22(23,24)15-28/h4-6,9,14,18,29H,2,7-8,10-13,15,25H2,1,3H3,(H,26,30)/b6-4-,17-9+,19-16-,27-14-/t18-/m0/s1. The second-order valence-corrected chi connectivity index (χ2v) is 7.31. The SMILES string of the molecule is C=CC(/C=N\C(C(=O)NCCCC[C@H](N)C(=O)N1CCC(F)(F)C1)=C(\C)O)=C\C=C/C. The number of likely N-dealkylation sites (tertiary alicyclic amines) is 1. The number of nitrogens with two attached hydrogens (primary N) is 1. The summed E-state index contributed by atoms with van der Waals surface area (Å²) < 4.78 is 26.5. The molecule has 1 fully saturated rings. The number of hydrogen-bond acceptors (Lipinski definition) is 5. The summed E-state index contributed by atoms with van der Waals surface area (Å²) >= 11 is 0. The summed E-state index contributed by atoms with van der Waals surface area (Å²) in [7, 11) is 0. The molecule has 1 heterocycles. The highest BCUT2D eigenvalue weighted by Gasteiger charge is 2.41. The number of rotatable bonds is 11. The first-order valence-electron chi connectivity index (χ1n) is 10.2. The van der Waals surface area contributed by atoms with Crippen LogP contribution in [0.4, 0.5) is 8.78 Å². The Morgan fingerprint density at radius 2 is 2.10 bits per heavy atom. The fraction of sp³-hybridized carbons (Fsp3) is 0.500. The molecular weight excluding hydrogens is 406 g/mol. The quantitative estimate of drug-likeness (QED) is 0.151. The molecule has 0 unspecified atom stereocenters. The van der Waals surface area contributed by atoms with Gasteiger partial charge in [0.25, 0.3) is 11.8 Å². The highest BCUT2D eigenvalue weighted by atomic mass is 19.3. The third kappa shape index (κ3) is 9.25. The Morgan fingerprint density at radius 3 is 2.65 bits per heavy atom. The molecule has 2 amide bonds. The Morgan fingerprint density at radius 1 is 1.39 bits per heavy atom. The predicted molar refractivity (Wildman–Crippen MR) is 118 cm³/mol. The number of carbonyl (C=O) groups excluding carboxylic acids is 2. The van der Waals surface area contributed by atoms with E-state index in [9.17, 15) is 23.5 Å². The van der Waals surface area contributed by atoms with Crippen LogP contribution in [0.5, 0.6) is 0 Å². The van der Waals surface area contributed by atoms with E-state index in [2.05, 4.69) is 16.9 Å². The number of halogens is 2. The number of amides is 2. The van der Waals surface area contributed by atoms with Gasteiger partial charge in [-0.3, -0.25) is 9.59 Å². The number of carbonyl (C=O) groups is 2. The lowest BCUT2D eigenvalue weighted by molar-refractivity contribution is -0.133. The predicted octanol–water partition coefficient (Wildman–Crippen LogP) is 3.02. The Kier molecular flexibility index (Phi) is 10.8. The maximum Gasteiger partial charge on any atom is 0.273 e. The molecule has 1 saturated heterocycles. The number of aliphatic hydroxyl groups excluding tert-OH is 1. The third-order valence-electron chi connectivity index (χ3n) is 4.64. The average molecular weight is 439 g/mol. The van der Waals surface area contributed by atoms with E-state index in [0.29, 0.717) is 24.8 Å². The van der Waals surface area contributed by atoms with Crippen molar-refractivity contribution in [3.8, 4) is 0 Å². The summed E-state index contributed by atoms with van der Waals surface area (Å²) in [5, 5.41) is 12.4. The van der Waals surface area contributed by atoms with Crippen LogP contribution in [0.3, 0.4) is 0 Å². The molecule has 1 atom stereocenters. The summed E-state index contributed by atoms with van der Waals surface area (Å²) in [4.78, 5) is 29.5. The summed E-state index contributed by atoms with van der Waals surface area (Å²) in [6, 6.07) is -0.842. The summed E-state index contributed by atoms with van der Waals surface area (Å²) in [5.74, 6) is -4.07. The molecule has 4 N–H and O–H groups in total. The number of aliphatic hydroxyl groups is 1. The molecule has 1 aliphatic rings. The van der Waals surface area contributed by atoms with Gasteiger partial charge in [-0.25, -0.2) is 13.8 Å². The summed E-state index contributed by atoms with van der Waals surface area (Å²) in [6.45, 7) is 6.61. The maximum atomic E-state index is 13.2. The number of unbranched alkanes of at least 4 members (excludes halogenated alkanes) is 1. The van der Waals surface area contributed by atoms with E-state index in [0.717, 1.165) is 4.90 Å². The second kappa shape index (κ2) is 12.8. The molecule has 0 radical (unpaired) electrons. The normalized spacial score (nSPS) is 18.4. The van der Waals surface area contributed by atoms with Crippen LogP contribution < -0.4 is 11.1 Å². The van der Waals surface area contributed by atoms with Crippen LogP contribution >= 0.6 is 0 Å². The lowest BCUT2D eigenvalue weighted by atomic mass is 10.1. The fourth-order valence-electron chi connectivity index (χ4n) is 2.88. The highest BCUT2D eigenvalue weighted by Crippen LogP contribution is 2.27. The van der Waals surface area contributed by atoms with Crippen LogP contribution in [0, 0.1) is 0 Å². The van der Waals surface area contributed by atoms with Crippen molar-refractivity contribution in [3.05, 3.63) is 47.9 Å². The minimum atomic E-state index is -2.84. The lowest BCUT2D eigenvalue weighted by Crippen LogP contribution is -2.43. The highest BCUT2D eigenvalue weighted by molar-refractivity contribution is 5.96. The van der Waals surface area contributed by atoms with Gasteiger partial charge < -0.3 is 21.1 Å². The van der Waals surface area contributed by atoms with Crippen molar-refractivity contribution < 1.29 is 23.5 Å². The van der Waals surface area contributed by atoms with Crippen molar-refractivity contribution in [1.82, 2.24) is 10.2 Å². The first-order chi connectivity index (χ1) is 14.6. The molecule has 0 aromatic carbocycles. The zero-order valence-corrected chi connectivity index (χ0v) is 18.1. The molecule has 9 heteroatoms. The molecule has 1 rings (SSSR count). The number of allylic oxidation sites excluding steroid dienone is 6. The zero-order chi connectivity index (χ0) is 23.4. The molecule has 172 valence electrons. The summed E-state index contributed by atoms with van der Waals surface area (Å²) in [5.41, 5.74) is 6.38. The molecule has 0 saturated carbocycles. The molecular formula is C22H32F2N4O3. The van der Waals surface area contributed by atoms with E-state index in [4.69, 9.17) is 5.73 Å². The van der Waals surface area contributed by atoms with Gasteiger partial charge in [0.15, 0.2) is 5.70 Å². The van der Waals surface area contributed by atoms with Crippen LogP contribution in [0.1, 0.15) is 39.5 Å². The number of nitrogens with zero attached hydrogens (tertiary/aromatic N) is 2. The van der Waals surface area contributed by atoms with Gasteiger partial charge >= 0.3 is 0 Å². The van der Waals surface area contributed by atoms with Crippen molar-refractivity contribution in [1.29, 1.82) is 0 Å². The number of nitrogens with one attached hydrogen (secondary N) is 1. The van der Waals surface area contributed by atoms with Crippen LogP contribution in [0.15, 0.2) is 52.9 Å². The smallest absolute Gasteiger partial charge is 0.273 e. The van der Waals surface area contributed by atoms with Gasteiger partial charge in [0, 0.05) is 25.7 Å². The molecule has 0 bridgehead atoms. The molecule has 0 spiro atoms. The van der Waals surface area contributed by atoms with Crippen molar-refractivity contribution in [2.24, 2.45) is 10.7 Å². The van der Waals surface area contributed by atoms with E-state index in [1.54, 1.807) is 18.2 Å². The van der Waals surface area contributed by atoms with Crippen LogP contribution in [-0.2, 0) is 9.59 Å². The Labute approximate surface area is 182 Å². The average Bonchev–Trinajstić information content (AvgIpc) is 3.08. The van der Waals surface area contributed by atoms with E-state index < -0.39 is 30.3 Å². The minimum absolute atomic E-state index is 0.0171. The lowest BCUT2D eigenvalue weighted by Gasteiger charge is -2.20.